The fraction of sp³-hybridized carbons (Fsp3) is 0.636. The van der Waals surface area contributed by atoms with Crippen molar-refractivity contribution in [2.75, 3.05) is 13.6 Å². The van der Waals surface area contributed by atoms with Crippen molar-refractivity contribution in [3.63, 3.8) is 0 Å². The highest BCUT2D eigenvalue weighted by molar-refractivity contribution is 7.89. The van der Waals surface area contributed by atoms with E-state index in [0.29, 0.717) is 24.6 Å². The Morgan fingerprint density at radius 3 is 2.59 bits per heavy atom. The molecule has 0 aliphatic heterocycles. The summed E-state index contributed by atoms with van der Waals surface area (Å²) >= 11 is 0. The Kier molecular flexibility index (Phi) is 4.73. The summed E-state index contributed by atoms with van der Waals surface area (Å²) in [6, 6.07) is 1.56. The van der Waals surface area contributed by atoms with Gasteiger partial charge in [-0.1, -0.05) is 13.8 Å². The topological polar surface area (TPSA) is 71.3 Å². The van der Waals surface area contributed by atoms with Gasteiger partial charge in [-0.25, -0.2) is 13.1 Å². The SMILES string of the molecule is CNCc1cc(S(=O)(=O)NCC(C)C)c(C)o1. The summed E-state index contributed by atoms with van der Waals surface area (Å²) in [6.07, 6.45) is 0. The first kappa shape index (κ1) is 14.2. The maximum Gasteiger partial charge on any atom is 0.244 e. The minimum absolute atomic E-state index is 0.225. The Bertz CT molecular complexity index is 463. The lowest BCUT2D eigenvalue weighted by Crippen LogP contribution is -2.27. The van der Waals surface area contributed by atoms with E-state index in [1.54, 1.807) is 20.0 Å². The van der Waals surface area contributed by atoms with Gasteiger partial charge in [-0.2, -0.15) is 0 Å². The summed E-state index contributed by atoms with van der Waals surface area (Å²) in [7, 11) is -1.67. The lowest BCUT2D eigenvalue weighted by atomic mass is 10.2. The molecule has 1 heterocycles. The van der Waals surface area contributed by atoms with E-state index in [1.807, 2.05) is 13.8 Å². The molecule has 2 N–H and O–H groups in total. The highest BCUT2D eigenvalue weighted by atomic mass is 32.2. The van der Waals surface area contributed by atoms with E-state index in [9.17, 15) is 8.42 Å². The first-order valence-corrected chi connectivity index (χ1v) is 7.08. The lowest BCUT2D eigenvalue weighted by molar-refractivity contribution is 0.465. The van der Waals surface area contributed by atoms with Crippen LogP contribution in [0.25, 0.3) is 0 Å². The zero-order valence-electron chi connectivity index (χ0n) is 10.7. The Hall–Kier alpha value is -0.850. The predicted molar refractivity (Wildman–Crippen MR) is 66.2 cm³/mol. The Balaban J connectivity index is 2.90. The smallest absolute Gasteiger partial charge is 0.244 e. The third kappa shape index (κ3) is 3.83. The van der Waals surface area contributed by atoms with E-state index < -0.39 is 10.0 Å². The molecule has 0 spiro atoms. The Morgan fingerprint density at radius 1 is 1.41 bits per heavy atom. The number of aryl methyl sites for hydroxylation is 1. The molecule has 0 saturated carbocycles. The fourth-order valence-electron chi connectivity index (χ4n) is 1.41. The van der Waals surface area contributed by atoms with Crippen molar-refractivity contribution in [2.24, 2.45) is 5.92 Å². The minimum Gasteiger partial charge on any atom is -0.464 e. The average molecular weight is 260 g/mol. The van der Waals surface area contributed by atoms with Gasteiger partial charge in [-0.15, -0.1) is 0 Å². The number of nitrogens with one attached hydrogen (secondary N) is 2. The van der Waals surface area contributed by atoms with Gasteiger partial charge in [0.25, 0.3) is 0 Å². The molecule has 0 atom stereocenters. The van der Waals surface area contributed by atoms with Crippen molar-refractivity contribution >= 4 is 10.0 Å². The van der Waals surface area contributed by atoms with Gasteiger partial charge in [0.2, 0.25) is 10.0 Å². The number of rotatable bonds is 6. The van der Waals surface area contributed by atoms with Crippen molar-refractivity contribution in [2.45, 2.75) is 32.2 Å². The summed E-state index contributed by atoms with van der Waals surface area (Å²) < 4.78 is 31.9. The van der Waals surface area contributed by atoms with Gasteiger partial charge >= 0.3 is 0 Å². The van der Waals surface area contributed by atoms with Crippen LogP contribution in [0.5, 0.6) is 0 Å². The molecular weight excluding hydrogens is 240 g/mol. The number of furan rings is 1. The van der Waals surface area contributed by atoms with Crippen LogP contribution >= 0.6 is 0 Å². The van der Waals surface area contributed by atoms with E-state index in [0.717, 1.165) is 0 Å². The average Bonchev–Trinajstić information content (AvgIpc) is 2.58. The second kappa shape index (κ2) is 5.66. The molecule has 0 aliphatic carbocycles. The van der Waals surface area contributed by atoms with Crippen LogP contribution in [0.4, 0.5) is 0 Å². The summed E-state index contributed by atoms with van der Waals surface area (Å²) in [5.41, 5.74) is 0. The van der Waals surface area contributed by atoms with Crippen LogP contribution in [0.15, 0.2) is 15.4 Å². The molecule has 0 fully saturated rings. The van der Waals surface area contributed by atoms with E-state index >= 15 is 0 Å². The van der Waals surface area contributed by atoms with Gasteiger partial charge in [-0.05, 0) is 19.9 Å². The summed E-state index contributed by atoms with van der Waals surface area (Å²) in [5.74, 6) is 1.31. The third-order valence-corrected chi connectivity index (χ3v) is 3.78. The number of hydrogen-bond donors (Lipinski definition) is 2. The van der Waals surface area contributed by atoms with Gasteiger partial charge in [0.05, 0.1) is 6.54 Å². The quantitative estimate of drug-likeness (QED) is 0.807. The summed E-state index contributed by atoms with van der Waals surface area (Å²) in [6.45, 7) is 6.51. The van der Waals surface area contributed by atoms with Crippen molar-refractivity contribution in [3.05, 3.63) is 17.6 Å². The van der Waals surface area contributed by atoms with Crippen LogP contribution < -0.4 is 10.0 Å². The predicted octanol–water partition coefficient (Wildman–Crippen LogP) is 1.24. The van der Waals surface area contributed by atoms with E-state index in [2.05, 4.69) is 10.0 Å². The molecule has 98 valence electrons. The lowest BCUT2D eigenvalue weighted by Gasteiger charge is -2.07. The maximum absolute atomic E-state index is 12.0. The third-order valence-electron chi connectivity index (χ3n) is 2.25. The first-order valence-electron chi connectivity index (χ1n) is 5.60. The molecule has 1 aromatic heterocycles. The number of hydrogen-bond acceptors (Lipinski definition) is 4. The van der Waals surface area contributed by atoms with Crippen molar-refractivity contribution in [1.29, 1.82) is 0 Å². The summed E-state index contributed by atoms with van der Waals surface area (Å²) in [4.78, 5) is 0.225. The molecule has 0 radical (unpaired) electrons. The normalized spacial score (nSPS) is 12.3. The first-order chi connectivity index (χ1) is 7.86. The van der Waals surface area contributed by atoms with Crippen LogP contribution in [0.3, 0.4) is 0 Å². The van der Waals surface area contributed by atoms with E-state index in [1.165, 1.54) is 0 Å². The van der Waals surface area contributed by atoms with Crippen LogP contribution in [0, 0.1) is 12.8 Å². The molecule has 1 rings (SSSR count). The molecule has 6 heteroatoms. The second-order valence-corrected chi connectivity index (χ2v) is 6.14. The van der Waals surface area contributed by atoms with Gasteiger partial charge < -0.3 is 9.73 Å². The molecule has 5 nitrogen and oxygen atoms in total. The molecule has 0 aromatic carbocycles. The van der Waals surface area contributed by atoms with Gasteiger partial charge in [0.1, 0.15) is 16.4 Å². The molecule has 0 aliphatic rings. The molecular formula is C11H20N2O3S. The molecule has 0 bridgehead atoms. The summed E-state index contributed by atoms with van der Waals surface area (Å²) in [5, 5.41) is 2.92. The minimum atomic E-state index is -3.46. The number of sulfonamides is 1. The molecule has 0 unspecified atom stereocenters. The van der Waals surface area contributed by atoms with Gasteiger partial charge in [0.15, 0.2) is 0 Å². The van der Waals surface area contributed by atoms with Crippen LogP contribution in [-0.4, -0.2) is 22.0 Å². The van der Waals surface area contributed by atoms with Gasteiger partial charge in [-0.3, -0.25) is 0 Å². The fourth-order valence-corrected chi connectivity index (χ4v) is 2.82. The van der Waals surface area contributed by atoms with E-state index in [-0.39, 0.29) is 10.8 Å². The molecule has 17 heavy (non-hydrogen) atoms. The zero-order chi connectivity index (χ0) is 13.1. The molecule has 1 aromatic rings. The largest absolute Gasteiger partial charge is 0.464 e. The van der Waals surface area contributed by atoms with Crippen LogP contribution in [0.1, 0.15) is 25.4 Å². The monoisotopic (exact) mass is 260 g/mol. The van der Waals surface area contributed by atoms with Crippen LogP contribution in [0.2, 0.25) is 0 Å². The highest BCUT2D eigenvalue weighted by Crippen LogP contribution is 2.19. The Morgan fingerprint density at radius 2 is 2.06 bits per heavy atom. The van der Waals surface area contributed by atoms with E-state index in [4.69, 9.17) is 4.42 Å². The zero-order valence-corrected chi connectivity index (χ0v) is 11.5. The van der Waals surface area contributed by atoms with Gasteiger partial charge in [0, 0.05) is 12.6 Å². The van der Waals surface area contributed by atoms with Crippen molar-refractivity contribution < 1.29 is 12.8 Å². The molecule has 0 amide bonds. The van der Waals surface area contributed by atoms with Crippen molar-refractivity contribution in [3.8, 4) is 0 Å². The van der Waals surface area contributed by atoms with Crippen LogP contribution in [-0.2, 0) is 16.6 Å². The second-order valence-electron chi connectivity index (χ2n) is 4.41. The maximum atomic E-state index is 12.0. The standard InChI is InChI=1S/C11H20N2O3S/c1-8(2)6-13-17(14,15)11-5-10(7-12-4)16-9(11)3/h5,8,12-13H,6-7H2,1-4H3. The highest BCUT2D eigenvalue weighted by Gasteiger charge is 2.21. The molecule has 0 saturated heterocycles. The Labute approximate surface area is 103 Å². The van der Waals surface area contributed by atoms with Crippen molar-refractivity contribution in [1.82, 2.24) is 10.0 Å².